The summed E-state index contributed by atoms with van der Waals surface area (Å²) in [6.45, 7) is 5.35. The van der Waals surface area contributed by atoms with Crippen LogP contribution in [-0.2, 0) is 4.79 Å². The van der Waals surface area contributed by atoms with Crippen molar-refractivity contribution in [3.8, 4) is 0 Å². The first-order valence-corrected chi connectivity index (χ1v) is 8.43. The SMILES string of the molecule is CC.CC(O)=C(N=Nc1ccccc1)C(=O)Nc1ccc2[nH]c(=O)[nH]c2c1. The number of imidazole rings is 1. The van der Waals surface area contributed by atoms with Crippen molar-refractivity contribution in [2.45, 2.75) is 20.8 Å². The number of aliphatic hydroxyl groups is 1. The van der Waals surface area contributed by atoms with Crippen LogP contribution >= 0.6 is 0 Å². The van der Waals surface area contributed by atoms with Crippen molar-refractivity contribution in [3.05, 3.63) is 70.5 Å². The van der Waals surface area contributed by atoms with Crippen molar-refractivity contribution in [1.82, 2.24) is 9.97 Å². The normalized spacial score (nSPS) is 11.7. The molecule has 0 saturated heterocycles. The van der Waals surface area contributed by atoms with E-state index in [1.807, 2.05) is 19.9 Å². The number of azo groups is 1. The van der Waals surface area contributed by atoms with Gasteiger partial charge in [0.1, 0.15) is 5.76 Å². The maximum Gasteiger partial charge on any atom is 0.323 e. The number of rotatable bonds is 4. The molecule has 0 aliphatic heterocycles. The quantitative estimate of drug-likeness (QED) is 0.310. The molecule has 1 amide bonds. The molecule has 0 saturated carbocycles. The molecule has 0 aliphatic carbocycles. The van der Waals surface area contributed by atoms with E-state index in [4.69, 9.17) is 0 Å². The number of benzene rings is 2. The van der Waals surface area contributed by atoms with Crippen molar-refractivity contribution >= 4 is 28.3 Å². The molecule has 0 aliphatic rings. The molecule has 8 heteroatoms. The molecule has 140 valence electrons. The molecular weight excluding hydrogens is 346 g/mol. The van der Waals surface area contributed by atoms with E-state index in [0.29, 0.717) is 22.4 Å². The van der Waals surface area contributed by atoms with Crippen LogP contribution in [-0.4, -0.2) is 21.0 Å². The molecule has 1 aromatic heterocycles. The van der Waals surface area contributed by atoms with E-state index < -0.39 is 5.91 Å². The molecule has 27 heavy (non-hydrogen) atoms. The van der Waals surface area contributed by atoms with E-state index in [-0.39, 0.29) is 17.1 Å². The highest BCUT2D eigenvalue weighted by Crippen LogP contribution is 2.18. The maximum absolute atomic E-state index is 12.4. The summed E-state index contributed by atoms with van der Waals surface area (Å²) in [7, 11) is 0. The van der Waals surface area contributed by atoms with Gasteiger partial charge in [0.25, 0.3) is 5.91 Å². The Labute approximate surface area is 155 Å². The Morgan fingerprint density at radius 2 is 1.70 bits per heavy atom. The fraction of sp³-hybridized carbons (Fsp3) is 0.158. The summed E-state index contributed by atoms with van der Waals surface area (Å²) in [6.07, 6.45) is 0. The van der Waals surface area contributed by atoms with Crippen LogP contribution in [0.5, 0.6) is 0 Å². The lowest BCUT2D eigenvalue weighted by Gasteiger charge is -2.06. The first-order valence-electron chi connectivity index (χ1n) is 8.43. The zero-order chi connectivity index (χ0) is 19.8. The van der Waals surface area contributed by atoms with Gasteiger partial charge in [0.05, 0.1) is 16.7 Å². The topological polar surface area (TPSA) is 123 Å². The number of nitrogens with zero attached hydrogens (tertiary/aromatic N) is 2. The molecule has 0 spiro atoms. The number of aromatic amines is 2. The standard InChI is InChI=1S/C17H15N5O3.C2H6/c1-10(23)15(22-21-11-5-3-2-4-6-11)16(24)18-12-7-8-13-14(9-12)20-17(25)19-13;1-2/h2-9,23H,1H3,(H,18,24)(H2,19,20,25);1-2H3. The van der Waals surface area contributed by atoms with Gasteiger partial charge in [0.2, 0.25) is 0 Å². The zero-order valence-electron chi connectivity index (χ0n) is 15.3. The minimum Gasteiger partial charge on any atom is -0.510 e. The molecule has 0 radical (unpaired) electrons. The number of aromatic nitrogens is 2. The van der Waals surface area contributed by atoms with Crippen molar-refractivity contribution < 1.29 is 9.90 Å². The van der Waals surface area contributed by atoms with Crippen LogP contribution in [0.1, 0.15) is 20.8 Å². The molecule has 4 N–H and O–H groups in total. The number of aliphatic hydroxyl groups excluding tert-OH is 1. The fourth-order valence-electron chi connectivity index (χ4n) is 2.19. The molecule has 0 atom stereocenters. The smallest absolute Gasteiger partial charge is 0.323 e. The van der Waals surface area contributed by atoms with Crippen LogP contribution in [0.25, 0.3) is 11.0 Å². The highest BCUT2D eigenvalue weighted by atomic mass is 16.3. The lowest BCUT2D eigenvalue weighted by molar-refractivity contribution is -0.113. The van der Waals surface area contributed by atoms with Gasteiger partial charge in [0.15, 0.2) is 5.70 Å². The third-order valence-corrected chi connectivity index (χ3v) is 3.35. The van der Waals surface area contributed by atoms with E-state index in [1.54, 1.807) is 42.5 Å². The number of carbonyl (C=O) groups is 1. The molecule has 0 bridgehead atoms. The summed E-state index contributed by atoms with van der Waals surface area (Å²) in [5.74, 6) is -0.870. The summed E-state index contributed by atoms with van der Waals surface area (Å²) < 4.78 is 0. The summed E-state index contributed by atoms with van der Waals surface area (Å²) in [5.41, 5.74) is 1.65. The number of anilines is 1. The Hall–Kier alpha value is -3.68. The Morgan fingerprint density at radius 3 is 2.37 bits per heavy atom. The molecular formula is C19H21N5O3. The number of fused-ring (bicyclic) bond motifs is 1. The number of hydrogen-bond acceptors (Lipinski definition) is 5. The van der Waals surface area contributed by atoms with Crippen molar-refractivity contribution in [3.63, 3.8) is 0 Å². The van der Waals surface area contributed by atoms with E-state index >= 15 is 0 Å². The molecule has 3 rings (SSSR count). The van der Waals surface area contributed by atoms with E-state index in [1.165, 1.54) is 6.92 Å². The van der Waals surface area contributed by atoms with Crippen LogP contribution in [0, 0.1) is 0 Å². The predicted molar refractivity (Wildman–Crippen MR) is 105 cm³/mol. The summed E-state index contributed by atoms with van der Waals surface area (Å²) in [6, 6.07) is 13.7. The third kappa shape index (κ3) is 5.15. The second-order valence-corrected chi connectivity index (χ2v) is 5.26. The Morgan fingerprint density at radius 1 is 1.04 bits per heavy atom. The van der Waals surface area contributed by atoms with E-state index in [2.05, 4.69) is 25.5 Å². The summed E-state index contributed by atoms with van der Waals surface area (Å²) >= 11 is 0. The second kappa shape index (κ2) is 9.14. The van der Waals surface area contributed by atoms with Crippen molar-refractivity contribution in [1.29, 1.82) is 0 Å². The van der Waals surface area contributed by atoms with Gasteiger partial charge in [-0.3, -0.25) is 4.79 Å². The molecule has 1 heterocycles. The highest BCUT2D eigenvalue weighted by Gasteiger charge is 2.14. The van der Waals surface area contributed by atoms with E-state index in [9.17, 15) is 14.7 Å². The zero-order valence-corrected chi connectivity index (χ0v) is 15.3. The molecule has 8 nitrogen and oxygen atoms in total. The maximum atomic E-state index is 12.4. The third-order valence-electron chi connectivity index (χ3n) is 3.35. The molecule has 0 unspecified atom stereocenters. The number of nitrogens with one attached hydrogen (secondary N) is 3. The second-order valence-electron chi connectivity index (χ2n) is 5.26. The molecule has 0 fully saturated rings. The van der Waals surface area contributed by atoms with Crippen LogP contribution in [0.4, 0.5) is 11.4 Å². The fourth-order valence-corrected chi connectivity index (χ4v) is 2.19. The average molecular weight is 367 g/mol. The largest absolute Gasteiger partial charge is 0.510 e. The minimum absolute atomic E-state index is 0.202. The van der Waals surface area contributed by atoms with Gasteiger partial charge < -0.3 is 20.4 Å². The lowest BCUT2D eigenvalue weighted by Crippen LogP contribution is -2.14. The summed E-state index contributed by atoms with van der Waals surface area (Å²) in [4.78, 5) is 28.8. The first kappa shape index (κ1) is 19.6. The van der Waals surface area contributed by atoms with Crippen LogP contribution in [0.3, 0.4) is 0 Å². The number of allylic oxidation sites excluding steroid dienone is 1. The van der Waals surface area contributed by atoms with Gasteiger partial charge in [-0.1, -0.05) is 32.0 Å². The number of carbonyl (C=O) groups excluding carboxylic acids is 1. The Balaban J connectivity index is 0.00000126. The summed E-state index contributed by atoms with van der Waals surface area (Å²) in [5, 5.41) is 20.1. The van der Waals surface area contributed by atoms with Crippen LogP contribution < -0.4 is 11.0 Å². The first-order chi connectivity index (χ1) is 13.0. The van der Waals surface area contributed by atoms with Crippen molar-refractivity contribution in [2.24, 2.45) is 10.2 Å². The minimum atomic E-state index is -0.614. The average Bonchev–Trinajstić information content (AvgIpc) is 3.03. The highest BCUT2D eigenvalue weighted by molar-refractivity contribution is 6.04. The van der Waals surface area contributed by atoms with Gasteiger partial charge in [-0.2, -0.15) is 5.11 Å². The van der Waals surface area contributed by atoms with Gasteiger partial charge in [0, 0.05) is 5.69 Å². The van der Waals surface area contributed by atoms with Crippen LogP contribution in [0.2, 0.25) is 0 Å². The predicted octanol–water partition coefficient (Wildman–Crippen LogP) is 4.39. The number of hydrogen-bond donors (Lipinski definition) is 4. The van der Waals surface area contributed by atoms with Crippen LogP contribution in [0.15, 0.2) is 75.0 Å². The van der Waals surface area contributed by atoms with Crippen molar-refractivity contribution in [2.75, 3.05) is 5.32 Å². The molecule has 3 aromatic rings. The van der Waals surface area contributed by atoms with Gasteiger partial charge in [-0.15, -0.1) is 5.11 Å². The van der Waals surface area contributed by atoms with E-state index in [0.717, 1.165) is 0 Å². The lowest BCUT2D eigenvalue weighted by atomic mass is 10.2. The van der Waals surface area contributed by atoms with Gasteiger partial charge in [-0.05, 0) is 37.3 Å². The Bertz CT molecular complexity index is 1030. The number of H-pyrrole nitrogens is 2. The number of amides is 1. The molecule has 2 aromatic carbocycles. The van der Waals surface area contributed by atoms with Gasteiger partial charge in [-0.25, -0.2) is 4.79 Å². The monoisotopic (exact) mass is 367 g/mol. The Kier molecular flexibility index (Phi) is 6.65. The van der Waals surface area contributed by atoms with Gasteiger partial charge >= 0.3 is 5.69 Å².